The lowest BCUT2D eigenvalue weighted by molar-refractivity contribution is 0.670. The fourth-order valence-corrected chi connectivity index (χ4v) is 7.86. The Labute approximate surface area is 271 Å². The van der Waals surface area contributed by atoms with Crippen LogP contribution in [-0.4, -0.2) is 0 Å². The quantitative estimate of drug-likeness (QED) is 0.185. The van der Waals surface area contributed by atoms with Crippen molar-refractivity contribution in [1.29, 1.82) is 0 Å². The van der Waals surface area contributed by atoms with Gasteiger partial charge >= 0.3 is 0 Å². The van der Waals surface area contributed by atoms with Gasteiger partial charge in [0.2, 0.25) is 0 Å². The SMILES string of the molecule is c1ccc2c(-c3c4ccccc4c(-c4ccc(-c5cccc6ccccc56)c5oc6ccccc6c45)c4ccccc34)cccc2c1. The van der Waals surface area contributed by atoms with Crippen molar-refractivity contribution in [3.63, 3.8) is 0 Å². The number of furan rings is 1. The summed E-state index contributed by atoms with van der Waals surface area (Å²) in [6.07, 6.45) is 0. The predicted molar refractivity (Wildman–Crippen MR) is 200 cm³/mol. The van der Waals surface area contributed by atoms with Crippen LogP contribution in [0.15, 0.2) is 174 Å². The van der Waals surface area contributed by atoms with Gasteiger partial charge < -0.3 is 4.42 Å². The molecule has 0 fully saturated rings. The van der Waals surface area contributed by atoms with Crippen LogP contribution in [0.25, 0.3) is 98.4 Å². The highest BCUT2D eigenvalue weighted by Crippen LogP contribution is 2.49. The summed E-state index contributed by atoms with van der Waals surface area (Å²) in [5.74, 6) is 0. The summed E-state index contributed by atoms with van der Waals surface area (Å²) in [6.45, 7) is 0. The van der Waals surface area contributed by atoms with Crippen molar-refractivity contribution in [2.75, 3.05) is 0 Å². The fraction of sp³-hybridized carbons (Fsp3) is 0. The van der Waals surface area contributed by atoms with Gasteiger partial charge in [0.15, 0.2) is 0 Å². The summed E-state index contributed by atoms with van der Waals surface area (Å²) in [5, 5.41) is 12.2. The minimum absolute atomic E-state index is 0.900. The van der Waals surface area contributed by atoms with Gasteiger partial charge in [0.1, 0.15) is 11.2 Å². The first-order chi connectivity index (χ1) is 23.3. The summed E-state index contributed by atoms with van der Waals surface area (Å²) in [5.41, 5.74) is 9.07. The molecule has 1 nitrogen and oxygen atoms in total. The first-order valence-corrected chi connectivity index (χ1v) is 16.2. The van der Waals surface area contributed by atoms with Crippen molar-refractivity contribution in [1.82, 2.24) is 0 Å². The van der Waals surface area contributed by atoms with Crippen LogP contribution in [0.1, 0.15) is 0 Å². The minimum Gasteiger partial charge on any atom is -0.455 e. The van der Waals surface area contributed by atoms with E-state index in [-0.39, 0.29) is 0 Å². The van der Waals surface area contributed by atoms with Crippen molar-refractivity contribution in [2.24, 2.45) is 0 Å². The van der Waals surface area contributed by atoms with E-state index in [2.05, 4.69) is 170 Å². The highest BCUT2D eigenvalue weighted by Gasteiger charge is 2.23. The van der Waals surface area contributed by atoms with Crippen LogP contribution < -0.4 is 0 Å². The van der Waals surface area contributed by atoms with E-state index in [9.17, 15) is 0 Å². The Balaban J connectivity index is 1.36. The Kier molecular flexibility index (Phi) is 5.64. The molecule has 1 aromatic heterocycles. The van der Waals surface area contributed by atoms with Crippen LogP contribution in [0.4, 0.5) is 0 Å². The first-order valence-electron chi connectivity index (χ1n) is 16.2. The molecule has 1 heterocycles. The van der Waals surface area contributed by atoms with Gasteiger partial charge in [-0.25, -0.2) is 0 Å². The molecular weight excluding hydrogens is 569 g/mol. The Morgan fingerprint density at radius 3 is 1.32 bits per heavy atom. The largest absolute Gasteiger partial charge is 0.455 e. The third-order valence-corrected chi connectivity index (χ3v) is 9.87. The van der Waals surface area contributed by atoms with Gasteiger partial charge in [-0.1, -0.05) is 158 Å². The lowest BCUT2D eigenvalue weighted by Crippen LogP contribution is -1.92. The summed E-state index contributed by atoms with van der Waals surface area (Å²) in [7, 11) is 0. The second-order valence-electron chi connectivity index (χ2n) is 12.4. The van der Waals surface area contributed by atoms with E-state index in [0.717, 1.165) is 27.5 Å². The molecular formula is C46H28O. The number of hydrogen-bond acceptors (Lipinski definition) is 1. The zero-order chi connectivity index (χ0) is 30.9. The molecule has 0 aliphatic rings. The van der Waals surface area contributed by atoms with E-state index in [1.54, 1.807) is 0 Å². The topological polar surface area (TPSA) is 13.1 Å². The molecule has 0 radical (unpaired) electrons. The Morgan fingerprint density at radius 2 is 0.702 bits per heavy atom. The molecule has 10 rings (SSSR count). The standard InChI is InChI=1S/C46H28O/c1-3-17-31-29(13-1)15-11-24-33(31)39-27-28-41(45-40-23-9-10-26-42(40)47-46(39)45)44-37-21-7-5-19-35(37)43(36-20-6-8-22-38(36)44)34-25-12-16-30-14-2-4-18-32(30)34/h1-28H. The van der Waals surface area contributed by atoms with Crippen molar-refractivity contribution in [2.45, 2.75) is 0 Å². The molecule has 0 amide bonds. The van der Waals surface area contributed by atoms with Gasteiger partial charge in [-0.15, -0.1) is 0 Å². The molecule has 47 heavy (non-hydrogen) atoms. The average Bonchev–Trinajstić information content (AvgIpc) is 3.53. The van der Waals surface area contributed by atoms with Crippen LogP contribution >= 0.6 is 0 Å². The average molecular weight is 597 g/mol. The van der Waals surface area contributed by atoms with E-state index >= 15 is 0 Å². The molecule has 1 heteroatoms. The molecule has 0 unspecified atom stereocenters. The number of benzene rings is 9. The van der Waals surface area contributed by atoms with Crippen molar-refractivity contribution in [3.8, 4) is 33.4 Å². The van der Waals surface area contributed by atoms with Crippen LogP contribution in [0.2, 0.25) is 0 Å². The van der Waals surface area contributed by atoms with Gasteiger partial charge in [0, 0.05) is 16.3 Å². The van der Waals surface area contributed by atoms with E-state index in [1.807, 2.05) is 0 Å². The van der Waals surface area contributed by atoms with Gasteiger partial charge in [-0.2, -0.15) is 0 Å². The van der Waals surface area contributed by atoms with Crippen LogP contribution in [-0.2, 0) is 0 Å². The Morgan fingerprint density at radius 1 is 0.277 bits per heavy atom. The number of fused-ring (bicyclic) bond motifs is 7. The molecule has 0 aliphatic carbocycles. The van der Waals surface area contributed by atoms with Crippen molar-refractivity contribution < 1.29 is 4.42 Å². The molecule has 0 bridgehead atoms. The van der Waals surface area contributed by atoms with Gasteiger partial charge in [-0.05, 0) is 83.0 Å². The third-order valence-electron chi connectivity index (χ3n) is 9.87. The molecule has 0 saturated heterocycles. The Bertz CT molecular complexity index is 2780. The smallest absolute Gasteiger partial charge is 0.143 e. The molecule has 0 atom stereocenters. The maximum absolute atomic E-state index is 6.81. The predicted octanol–water partition coefficient (Wildman–Crippen LogP) is 13.2. The van der Waals surface area contributed by atoms with Crippen LogP contribution in [0.5, 0.6) is 0 Å². The monoisotopic (exact) mass is 596 g/mol. The van der Waals surface area contributed by atoms with E-state index in [4.69, 9.17) is 4.42 Å². The molecule has 0 aliphatic heterocycles. The lowest BCUT2D eigenvalue weighted by atomic mass is 9.83. The number of rotatable bonds is 3. The minimum atomic E-state index is 0.900. The second kappa shape index (κ2) is 10.2. The Hall–Kier alpha value is -6.18. The zero-order valence-corrected chi connectivity index (χ0v) is 25.6. The maximum atomic E-state index is 6.81. The zero-order valence-electron chi connectivity index (χ0n) is 25.6. The van der Waals surface area contributed by atoms with Gasteiger partial charge in [0.25, 0.3) is 0 Å². The molecule has 0 N–H and O–H groups in total. The molecule has 9 aromatic carbocycles. The summed E-state index contributed by atoms with van der Waals surface area (Å²) in [6, 6.07) is 61.4. The molecule has 10 aromatic rings. The molecule has 0 saturated carbocycles. The number of para-hydroxylation sites is 1. The third kappa shape index (κ3) is 3.84. The highest BCUT2D eigenvalue weighted by atomic mass is 16.3. The maximum Gasteiger partial charge on any atom is 0.143 e. The molecule has 218 valence electrons. The van der Waals surface area contributed by atoms with Crippen LogP contribution in [0, 0.1) is 0 Å². The van der Waals surface area contributed by atoms with Crippen molar-refractivity contribution >= 4 is 65.0 Å². The first kappa shape index (κ1) is 26.1. The number of hydrogen-bond donors (Lipinski definition) is 0. The normalized spacial score (nSPS) is 11.8. The second-order valence-corrected chi connectivity index (χ2v) is 12.4. The summed E-state index contributed by atoms with van der Waals surface area (Å²) < 4.78 is 6.81. The van der Waals surface area contributed by atoms with Crippen LogP contribution in [0.3, 0.4) is 0 Å². The van der Waals surface area contributed by atoms with E-state index in [0.29, 0.717) is 0 Å². The fourth-order valence-electron chi connectivity index (χ4n) is 7.86. The van der Waals surface area contributed by atoms with Gasteiger partial charge in [0.05, 0.1) is 0 Å². The van der Waals surface area contributed by atoms with E-state index < -0.39 is 0 Å². The van der Waals surface area contributed by atoms with E-state index in [1.165, 1.54) is 70.9 Å². The highest BCUT2D eigenvalue weighted by molar-refractivity contribution is 6.28. The molecule has 0 spiro atoms. The summed E-state index contributed by atoms with van der Waals surface area (Å²) >= 11 is 0. The summed E-state index contributed by atoms with van der Waals surface area (Å²) in [4.78, 5) is 0. The van der Waals surface area contributed by atoms with Crippen molar-refractivity contribution in [3.05, 3.63) is 170 Å². The lowest BCUT2D eigenvalue weighted by Gasteiger charge is -2.19. The van der Waals surface area contributed by atoms with Gasteiger partial charge in [-0.3, -0.25) is 0 Å².